The molecule has 1 aliphatic heterocycles. The van der Waals surface area contributed by atoms with Crippen molar-refractivity contribution >= 4 is 29.1 Å². The SMILES string of the molecule is CCCC(CC)CCNC(=O)c1cc(Nc2ccc(C(=O)NC3=NCCCN3)cc2C(C)C)ccn1. The lowest BCUT2D eigenvalue weighted by atomic mass is 9.97. The molecule has 3 rings (SSSR count). The van der Waals surface area contributed by atoms with E-state index in [4.69, 9.17) is 0 Å². The molecule has 0 saturated heterocycles. The first-order valence-electron chi connectivity index (χ1n) is 13.2. The lowest BCUT2D eigenvalue weighted by Crippen LogP contribution is -2.43. The highest BCUT2D eigenvalue weighted by Crippen LogP contribution is 2.28. The van der Waals surface area contributed by atoms with Crippen LogP contribution < -0.4 is 21.3 Å². The largest absolute Gasteiger partial charge is 0.356 e. The normalized spacial score (nSPS) is 14.0. The number of hydrogen-bond donors (Lipinski definition) is 4. The summed E-state index contributed by atoms with van der Waals surface area (Å²) in [5.74, 6) is 0.995. The molecule has 0 saturated carbocycles. The number of carbonyl (C=O) groups is 2. The highest BCUT2D eigenvalue weighted by molar-refractivity contribution is 6.06. The summed E-state index contributed by atoms with van der Waals surface area (Å²) >= 11 is 0. The van der Waals surface area contributed by atoms with Gasteiger partial charge in [0.05, 0.1) is 0 Å². The van der Waals surface area contributed by atoms with Gasteiger partial charge < -0.3 is 16.0 Å². The summed E-state index contributed by atoms with van der Waals surface area (Å²) in [5.41, 5.74) is 3.62. The Bertz CT molecular complexity index is 1070. The van der Waals surface area contributed by atoms with E-state index in [1.807, 2.05) is 18.2 Å². The van der Waals surface area contributed by atoms with Crippen LogP contribution in [0.2, 0.25) is 0 Å². The average molecular weight is 493 g/mol. The molecule has 1 unspecified atom stereocenters. The van der Waals surface area contributed by atoms with E-state index in [1.54, 1.807) is 18.3 Å². The van der Waals surface area contributed by atoms with Gasteiger partial charge in [0.15, 0.2) is 5.96 Å². The third-order valence-corrected chi connectivity index (χ3v) is 6.45. The van der Waals surface area contributed by atoms with Gasteiger partial charge in [-0.05, 0) is 60.6 Å². The quantitative estimate of drug-likeness (QED) is 0.354. The van der Waals surface area contributed by atoms with Crippen LogP contribution in [0.4, 0.5) is 11.4 Å². The summed E-state index contributed by atoms with van der Waals surface area (Å²) in [4.78, 5) is 34.0. The van der Waals surface area contributed by atoms with Gasteiger partial charge >= 0.3 is 0 Å². The summed E-state index contributed by atoms with van der Waals surface area (Å²) < 4.78 is 0. The van der Waals surface area contributed by atoms with Crippen molar-refractivity contribution in [1.29, 1.82) is 0 Å². The second-order valence-electron chi connectivity index (χ2n) is 9.58. The standard InChI is InChI=1S/C28H40N6O2/c1-5-8-20(6-2)11-15-30-27(36)25-18-22(12-16-29-25)33-24-10-9-21(17-23(24)19(3)4)26(35)34-28-31-13-7-14-32-28/h9-10,12,16-20H,5-8,11,13-15H2,1-4H3,(H,29,33)(H,30,36)(H2,31,32,34,35). The Hall–Kier alpha value is -3.42. The molecule has 0 aliphatic carbocycles. The molecule has 1 aliphatic rings. The molecule has 8 heteroatoms. The Morgan fingerprint density at radius 3 is 2.61 bits per heavy atom. The first kappa shape index (κ1) is 27.2. The van der Waals surface area contributed by atoms with E-state index in [0.29, 0.717) is 36.2 Å². The van der Waals surface area contributed by atoms with Crippen molar-refractivity contribution in [3.63, 3.8) is 0 Å². The first-order chi connectivity index (χ1) is 17.4. The Kier molecular flexibility index (Phi) is 10.3. The number of carbonyl (C=O) groups excluding carboxylic acids is 2. The van der Waals surface area contributed by atoms with Gasteiger partial charge in [0.1, 0.15) is 5.69 Å². The van der Waals surface area contributed by atoms with Crippen molar-refractivity contribution in [1.82, 2.24) is 20.9 Å². The molecule has 1 aromatic carbocycles. The minimum Gasteiger partial charge on any atom is -0.356 e. The molecule has 8 nitrogen and oxygen atoms in total. The molecule has 2 amide bonds. The molecule has 194 valence electrons. The molecule has 1 aromatic heterocycles. The summed E-state index contributed by atoms with van der Waals surface area (Å²) in [5, 5.41) is 12.4. The molecule has 0 fully saturated rings. The van der Waals surface area contributed by atoms with Gasteiger partial charge in [-0.1, -0.05) is 47.0 Å². The third kappa shape index (κ3) is 7.80. The van der Waals surface area contributed by atoms with Crippen LogP contribution in [-0.4, -0.2) is 42.4 Å². The number of nitrogens with one attached hydrogen (secondary N) is 4. The Morgan fingerprint density at radius 1 is 1.08 bits per heavy atom. The predicted octanol–water partition coefficient (Wildman–Crippen LogP) is 4.97. The molecule has 1 atom stereocenters. The van der Waals surface area contributed by atoms with Crippen molar-refractivity contribution in [2.75, 3.05) is 25.0 Å². The lowest BCUT2D eigenvalue weighted by Gasteiger charge is -2.18. The van der Waals surface area contributed by atoms with Crippen LogP contribution in [0.1, 0.15) is 92.1 Å². The second kappa shape index (κ2) is 13.6. The van der Waals surface area contributed by atoms with Gasteiger partial charge in [0, 0.05) is 42.8 Å². The smallest absolute Gasteiger partial charge is 0.269 e. The van der Waals surface area contributed by atoms with E-state index >= 15 is 0 Å². The van der Waals surface area contributed by atoms with Gasteiger partial charge in [-0.3, -0.25) is 24.9 Å². The van der Waals surface area contributed by atoms with Crippen molar-refractivity contribution in [3.05, 3.63) is 53.3 Å². The Balaban J connectivity index is 1.67. The van der Waals surface area contributed by atoms with E-state index in [-0.39, 0.29) is 17.7 Å². The van der Waals surface area contributed by atoms with E-state index < -0.39 is 0 Å². The number of guanidine groups is 1. The van der Waals surface area contributed by atoms with E-state index in [9.17, 15) is 9.59 Å². The van der Waals surface area contributed by atoms with Gasteiger partial charge in [-0.25, -0.2) is 0 Å². The highest BCUT2D eigenvalue weighted by Gasteiger charge is 2.16. The lowest BCUT2D eigenvalue weighted by molar-refractivity contribution is 0.0944. The van der Waals surface area contributed by atoms with Crippen LogP contribution in [0.15, 0.2) is 41.5 Å². The van der Waals surface area contributed by atoms with E-state index in [2.05, 4.69) is 58.9 Å². The number of pyridine rings is 1. The van der Waals surface area contributed by atoms with E-state index in [1.165, 1.54) is 6.42 Å². The number of aromatic nitrogens is 1. The monoisotopic (exact) mass is 492 g/mol. The first-order valence-corrected chi connectivity index (χ1v) is 13.2. The minimum atomic E-state index is -0.191. The van der Waals surface area contributed by atoms with Crippen molar-refractivity contribution in [2.24, 2.45) is 10.9 Å². The summed E-state index contributed by atoms with van der Waals surface area (Å²) in [7, 11) is 0. The van der Waals surface area contributed by atoms with Crippen LogP contribution in [0.3, 0.4) is 0 Å². The average Bonchev–Trinajstić information content (AvgIpc) is 2.88. The molecule has 2 aromatic rings. The van der Waals surface area contributed by atoms with Gasteiger partial charge in [0.2, 0.25) is 0 Å². The fourth-order valence-corrected chi connectivity index (χ4v) is 4.32. The van der Waals surface area contributed by atoms with Crippen molar-refractivity contribution in [2.45, 2.75) is 65.7 Å². The number of hydrogen-bond acceptors (Lipinski definition) is 6. The number of anilines is 2. The van der Waals surface area contributed by atoms with Gasteiger partial charge in [-0.15, -0.1) is 0 Å². The Labute approximate surface area is 214 Å². The van der Waals surface area contributed by atoms with Crippen LogP contribution in [0.25, 0.3) is 0 Å². The third-order valence-electron chi connectivity index (χ3n) is 6.45. The second-order valence-corrected chi connectivity index (χ2v) is 9.58. The molecule has 2 heterocycles. The number of rotatable bonds is 11. The molecule has 0 bridgehead atoms. The molecular weight excluding hydrogens is 452 g/mol. The van der Waals surface area contributed by atoms with Gasteiger partial charge in [0.25, 0.3) is 11.8 Å². The topological polar surface area (TPSA) is 108 Å². The van der Waals surface area contributed by atoms with Crippen molar-refractivity contribution in [3.8, 4) is 0 Å². The Morgan fingerprint density at radius 2 is 1.92 bits per heavy atom. The molecular formula is C28H40N6O2. The minimum absolute atomic E-state index is 0.166. The van der Waals surface area contributed by atoms with Crippen LogP contribution >= 0.6 is 0 Å². The van der Waals surface area contributed by atoms with Crippen LogP contribution in [0, 0.1) is 5.92 Å². The summed E-state index contributed by atoms with van der Waals surface area (Å²) in [6.07, 6.45) is 7.07. The zero-order valence-electron chi connectivity index (χ0n) is 22.0. The predicted molar refractivity (Wildman–Crippen MR) is 146 cm³/mol. The molecule has 36 heavy (non-hydrogen) atoms. The van der Waals surface area contributed by atoms with Crippen LogP contribution in [-0.2, 0) is 0 Å². The zero-order chi connectivity index (χ0) is 25.9. The molecule has 0 spiro atoms. The number of aliphatic imine (C=N–C) groups is 1. The van der Waals surface area contributed by atoms with Crippen molar-refractivity contribution < 1.29 is 9.59 Å². The highest BCUT2D eigenvalue weighted by atomic mass is 16.2. The molecule has 4 N–H and O–H groups in total. The number of nitrogens with zero attached hydrogens (tertiary/aromatic N) is 2. The maximum atomic E-state index is 12.8. The number of benzene rings is 1. The summed E-state index contributed by atoms with van der Waals surface area (Å²) in [6, 6.07) is 9.20. The maximum Gasteiger partial charge on any atom is 0.269 e. The maximum absolute atomic E-state index is 12.8. The fourth-order valence-electron chi connectivity index (χ4n) is 4.32. The van der Waals surface area contributed by atoms with E-state index in [0.717, 1.165) is 49.2 Å². The number of amides is 2. The fraction of sp³-hybridized carbons (Fsp3) is 0.500. The zero-order valence-corrected chi connectivity index (χ0v) is 22.0. The summed E-state index contributed by atoms with van der Waals surface area (Å²) in [6.45, 7) is 10.7. The van der Waals surface area contributed by atoms with Gasteiger partial charge in [-0.2, -0.15) is 0 Å². The van der Waals surface area contributed by atoms with Crippen LogP contribution in [0.5, 0.6) is 0 Å². The molecule has 0 radical (unpaired) electrons.